The van der Waals surface area contributed by atoms with E-state index in [1.807, 2.05) is 0 Å². The maximum Gasteiger partial charge on any atom is 0.472 e. The van der Waals surface area contributed by atoms with Crippen molar-refractivity contribution >= 4 is 39.5 Å². The number of aliphatic hydroxyl groups excluding tert-OH is 1. The summed E-state index contributed by atoms with van der Waals surface area (Å²) in [5.74, 6) is -1.43. The van der Waals surface area contributed by atoms with Gasteiger partial charge in [-0.25, -0.2) is 9.13 Å². The number of carbonyl (C=O) groups is 4. The van der Waals surface area contributed by atoms with Crippen LogP contribution in [0.2, 0.25) is 0 Å². The number of rotatable bonds is 74. The lowest BCUT2D eigenvalue weighted by Crippen LogP contribution is -2.30. The number of unbranched alkanes of at least 4 members (excludes halogenated alkanes) is 46. The van der Waals surface area contributed by atoms with Crippen LogP contribution in [-0.4, -0.2) is 96.7 Å². The second-order valence-corrected chi connectivity index (χ2v) is 30.1. The van der Waals surface area contributed by atoms with Crippen molar-refractivity contribution in [1.29, 1.82) is 0 Å². The van der Waals surface area contributed by atoms with Crippen LogP contribution in [0.1, 0.15) is 388 Å². The summed E-state index contributed by atoms with van der Waals surface area (Å²) in [5.41, 5.74) is 0. The summed E-state index contributed by atoms with van der Waals surface area (Å²) in [7, 11) is -9.90. The minimum atomic E-state index is -4.95. The fourth-order valence-corrected chi connectivity index (χ4v) is 12.9. The van der Waals surface area contributed by atoms with Crippen molar-refractivity contribution in [3.05, 3.63) is 0 Å². The molecule has 5 atom stereocenters. The highest BCUT2D eigenvalue weighted by molar-refractivity contribution is 7.47. The van der Waals surface area contributed by atoms with E-state index >= 15 is 0 Å². The maximum atomic E-state index is 13.1. The predicted molar refractivity (Wildman–Crippen MR) is 377 cm³/mol. The topological polar surface area (TPSA) is 237 Å². The molecule has 0 fully saturated rings. The lowest BCUT2D eigenvalue weighted by molar-refractivity contribution is -0.161. The van der Waals surface area contributed by atoms with Gasteiger partial charge in [0, 0.05) is 25.7 Å². The second kappa shape index (κ2) is 67.3. The summed E-state index contributed by atoms with van der Waals surface area (Å²) in [6, 6.07) is 0. The van der Waals surface area contributed by atoms with Gasteiger partial charge < -0.3 is 33.8 Å². The molecule has 0 aliphatic carbocycles. The van der Waals surface area contributed by atoms with Crippen LogP contribution >= 0.6 is 15.6 Å². The smallest absolute Gasteiger partial charge is 0.462 e. The molecule has 0 radical (unpaired) electrons. The summed E-state index contributed by atoms with van der Waals surface area (Å²) >= 11 is 0. The number of phosphoric ester groups is 2. The molecule has 0 amide bonds. The van der Waals surface area contributed by atoms with E-state index in [-0.39, 0.29) is 25.7 Å². The van der Waals surface area contributed by atoms with E-state index in [1.54, 1.807) is 0 Å². The summed E-state index contributed by atoms with van der Waals surface area (Å²) in [6.07, 6.45) is 55.7. The lowest BCUT2D eigenvalue weighted by atomic mass is 10.0. The molecule has 0 aromatic rings. The van der Waals surface area contributed by atoms with Crippen LogP contribution in [-0.2, 0) is 65.4 Å². The van der Waals surface area contributed by atoms with Crippen LogP contribution in [0, 0.1) is 5.92 Å². The summed E-state index contributed by atoms with van der Waals surface area (Å²) in [5, 5.41) is 10.6. The molecule has 0 aromatic heterocycles. The SMILES string of the molecule is CCCCCCCCCCCCCCCCCCCCC(=O)O[C@H](COC(=O)CCCCCCCCCCCCCCCCCCC)COP(=O)(O)OC[C@@H](O)COP(=O)(O)OC[C@@H](COC(=O)CCCCCCCCCC)OC(=O)CCCCCCCCCC(C)C. The normalized spacial score (nSPS) is 14.0. The molecule has 0 spiro atoms. The zero-order valence-electron chi connectivity index (χ0n) is 60.4. The molecule has 0 saturated heterocycles. The average Bonchev–Trinajstić information content (AvgIpc) is 2.97. The van der Waals surface area contributed by atoms with Crippen molar-refractivity contribution < 1.29 is 80.2 Å². The largest absolute Gasteiger partial charge is 0.472 e. The van der Waals surface area contributed by atoms with E-state index in [9.17, 15) is 43.2 Å². The molecular weight excluding hydrogens is 1220 g/mol. The Kier molecular flexibility index (Phi) is 65.9. The zero-order valence-corrected chi connectivity index (χ0v) is 62.2. The van der Waals surface area contributed by atoms with Gasteiger partial charge in [0.15, 0.2) is 12.2 Å². The quantitative estimate of drug-likeness (QED) is 0.0222. The number of esters is 4. The number of aliphatic hydroxyl groups is 1. The molecule has 0 heterocycles. The molecule has 0 aliphatic rings. The van der Waals surface area contributed by atoms with Crippen molar-refractivity contribution in [3.8, 4) is 0 Å². The van der Waals surface area contributed by atoms with Gasteiger partial charge in [-0.15, -0.1) is 0 Å². The Balaban J connectivity index is 5.19. The van der Waals surface area contributed by atoms with E-state index in [0.29, 0.717) is 31.6 Å². The Bertz CT molecular complexity index is 1790. The number of phosphoric acid groups is 2. The van der Waals surface area contributed by atoms with Gasteiger partial charge in [0.05, 0.1) is 26.4 Å². The number of carbonyl (C=O) groups excluding carboxylic acids is 4. The molecule has 0 rings (SSSR count). The van der Waals surface area contributed by atoms with E-state index in [4.69, 9.17) is 37.0 Å². The monoisotopic (exact) mass is 1370 g/mol. The molecule has 93 heavy (non-hydrogen) atoms. The van der Waals surface area contributed by atoms with Gasteiger partial charge in [-0.05, 0) is 31.6 Å². The van der Waals surface area contributed by atoms with Crippen molar-refractivity contribution in [2.24, 2.45) is 5.92 Å². The molecule has 0 bridgehead atoms. The molecule has 17 nitrogen and oxygen atoms in total. The molecule has 19 heteroatoms. The van der Waals surface area contributed by atoms with Crippen molar-refractivity contribution in [2.45, 2.75) is 406 Å². The Hall–Kier alpha value is -1.94. The van der Waals surface area contributed by atoms with Gasteiger partial charge in [0.25, 0.3) is 0 Å². The molecule has 2 unspecified atom stereocenters. The standard InChI is InChI=1S/C74H144O17P2/c1-6-9-12-15-18-21-23-25-27-29-31-33-35-37-39-44-49-54-59-73(78)90-69(64-85-72(77)58-53-48-43-38-36-34-32-30-28-26-24-22-19-16-13-10-7-2)65-88-92(80,81)86-61-68(75)62-87-93(82,83)89-66-70(63-84-71(76)57-52-47-42-20-17-14-11-8-3)91-74(79)60-55-50-45-40-41-46-51-56-67(4)5/h67-70,75H,6-66H2,1-5H3,(H,80,81)(H,82,83)/t68-,69-,70-/m1/s1. The Morgan fingerprint density at radius 1 is 0.290 bits per heavy atom. The third kappa shape index (κ3) is 68.4. The average molecular weight is 1370 g/mol. The van der Waals surface area contributed by atoms with Crippen molar-refractivity contribution in [2.75, 3.05) is 39.6 Å². The number of hydrogen-bond donors (Lipinski definition) is 3. The lowest BCUT2D eigenvalue weighted by Gasteiger charge is -2.21. The maximum absolute atomic E-state index is 13.1. The first-order valence-electron chi connectivity index (χ1n) is 38.6. The van der Waals surface area contributed by atoms with Crippen molar-refractivity contribution in [1.82, 2.24) is 0 Å². The molecule has 0 aliphatic heterocycles. The minimum Gasteiger partial charge on any atom is -0.462 e. The first-order valence-corrected chi connectivity index (χ1v) is 41.6. The van der Waals surface area contributed by atoms with E-state index in [0.717, 1.165) is 96.3 Å². The Morgan fingerprint density at radius 3 is 0.731 bits per heavy atom. The summed E-state index contributed by atoms with van der Waals surface area (Å²) in [6.45, 7) is 7.19. The fraction of sp³-hybridized carbons (Fsp3) is 0.946. The first-order chi connectivity index (χ1) is 45.0. The van der Waals surface area contributed by atoms with Crippen LogP contribution in [0.5, 0.6) is 0 Å². The van der Waals surface area contributed by atoms with Crippen LogP contribution in [0.25, 0.3) is 0 Å². The van der Waals surface area contributed by atoms with Crippen LogP contribution in [0.4, 0.5) is 0 Å². The molecule has 552 valence electrons. The van der Waals surface area contributed by atoms with E-state index in [2.05, 4.69) is 34.6 Å². The van der Waals surface area contributed by atoms with Gasteiger partial charge in [0.2, 0.25) is 0 Å². The highest BCUT2D eigenvalue weighted by atomic mass is 31.2. The van der Waals surface area contributed by atoms with Crippen molar-refractivity contribution in [3.63, 3.8) is 0 Å². The zero-order chi connectivity index (χ0) is 68.4. The van der Waals surface area contributed by atoms with Crippen LogP contribution in [0.15, 0.2) is 0 Å². The molecule has 0 saturated carbocycles. The van der Waals surface area contributed by atoms with Crippen LogP contribution in [0.3, 0.4) is 0 Å². The van der Waals surface area contributed by atoms with E-state index < -0.39 is 97.5 Å². The number of ether oxygens (including phenoxy) is 4. The van der Waals surface area contributed by atoms with Gasteiger partial charge >= 0.3 is 39.5 Å². The third-order valence-corrected chi connectivity index (χ3v) is 19.2. The molecular formula is C74H144O17P2. The van der Waals surface area contributed by atoms with Crippen LogP contribution < -0.4 is 0 Å². The third-order valence-electron chi connectivity index (χ3n) is 17.3. The fourth-order valence-electron chi connectivity index (χ4n) is 11.4. The molecule has 3 N–H and O–H groups in total. The summed E-state index contributed by atoms with van der Waals surface area (Å²) in [4.78, 5) is 72.6. The van der Waals surface area contributed by atoms with E-state index in [1.165, 1.54) is 205 Å². The minimum absolute atomic E-state index is 0.104. The summed E-state index contributed by atoms with van der Waals surface area (Å²) < 4.78 is 68.3. The number of hydrogen-bond acceptors (Lipinski definition) is 15. The highest BCUT2D eigenvalue weighted by Crippen LogP contribution is 2.45. The van der Waals surface area contributed by atoms with Gasteiger partial charge in [0.1, 0.15) is 19.3 Å². The first kappa shape index (κ1) is 91.1. The Morgan fingerprint density at radius 2 is 0.495 bits per heavy atom. The predicted octanol–water partition coefficient (Wildman–Crippen LogP) is 21.7. The second-order valence-electron chi connectivity index (χ2n) is 27.2. The van der Waals surface area contributed by atoms with Gasteiger partial charge in [-0.2, -0.15) is 0 Å². The highest BCUT2D eigenvalue weighted by Gasteiger charge is 2.30. The van der Waals surface area contributed by atoms with Gasteiger partial charge in [-0.3, -0.25) is 37.3 Å². The van der Waals surface area contributed by atoms with Gasteiger partial charge in [-0.1, -0.05) is 336 Å². The molecule has 0 aromatic carbocycles. The Labute approximate surface area is 568 Å².